The van der Waals surface area contributed by atoms with Gasteiger partial charge in [-0.05, 0) is 27.2 Å². The van der Waals surface area contributed by atoms with Gasteiger partial charge in [-0.15, -0.1) is 0 Å². The molecule has 17 heavy (non-hydrogen) atoms. The normalized spacial score (nSPS) is 21.7. The van der Waals surface area contributed by atoms with Gasteiger partial charge in [0, 0.05) is 18.6 Å². The van der Waals surface area contributed by atoms with Gasteiger partial charge in [-0.2, -0.15) is 0 Å². The molecule has 0 spiro atoms. The average molecular weight is 262 g/mol. The molecule has 0 aromatic carbocycles. The van der Waals surface area contributed by atoms with E-state index in [2.05, 4.69) is 10.3 Å². The van der Waals surface area contributed by atoms with E-state index < -0.39 is 10.0 Å². The molecular formula is C10H22N4O2S. The van der Waals surface area contributed by atoms with Gasteiger partial charge in [0.25, 0.3) is 0 Å². The Morgan fingerprint density at radius 3 is 2.59 bits per heavy atom. The third kappa shape index (κ3) is 4.91. The van der Waals surface area contributed by atoms with E-state index >= 15 is 0 Å². The molecular weight excluding hydrogens is 240 g/mol. The van der Waals surface area contributed by atoms with Crippen molar-refractivity contribution in [2.24, 2.45) is 10.7 Å². The Labute approximate surface area is 103 Å². The van der Waals surface area contributed by atoms with E-state index in [1.54, 1.807) is 0 Å². The third-order valence-corrected chi connectivity index (χ3v) is 4.29. The highest BCUT2D eigenvalue weighted by molar-refractivity contribution is 7.89. The summed E-state index contributed by atoms with van der Waals surface area (Å²) in [5, 5.41) is 3.03. The van der Waals surface area contributed by atoms with Crippen molar-refractivity contribution in [1.82, 2.24) is 9.62 Å². The lowest BCUT2D eigenvalue weighted by Gasteiger charge is -2.21. The number of guanidine groups is 1. The van der Waals surface area contributed by atoms with E-state index in [0.717, 1.165) is 0 Å². The van der Waals surface area contributed by atoms with Gasteiger partial charge in [-0.1, -0.05) is 0 Å². The fourth-order valence-corrected chi connectivity index (χ4v) is 3.17. The molecule has 0 aliphatic carbocycles. The van der Waals surface area contributed by atoms with Crippen molar-refractivity contribution in [3.63, 3.8) is 0 Å². The Bertz CT molecular complexity index is 384. The number of sulfonamides is 1. The molecule has 0 unspecified atom stereocenters. The van der Waals surface area contributed by atoms with Crippen LogP contribution >= 0.6 is 0 Å². The first kappa shape index (κ1) is 14.2. The second kappa shape index (κ2) is 5.22. The molecule has 0 aromatic heterocycles. The van der Waals surface area contributed by atoms with Crippen LogP contribution in [0.1, 0.15) is 27.2 Å². The second-order valence-electron chi connectivity index (χ2n) is 5.21. The zero-order valence-corrected chi connectivity index (χ0v) is 11.5. The molecule has 0 radical (unpaired) electrons. The minimum Gasteiger partial charge on any atom is -0.370 e. The Morgan fingerprint density at radius 1 is 1.47 bits per heavy atom. The molecule has 100 valence electrons. The van der Waals surface area contributed by atoms with E-state index in [1.165, 1.54) is 4.31 Å². The lowest BCUT2D eigenvalue weighted by atomic mass is 10.1. The first-order valence-corrected chi connectivity index (χ1v) is 7.37. The van der Waals surface area contributed by atoms with E-state index in [1.807, 2.05) is 20.8 Å². The first-order chi connectivity index (χ1) is 7.71. The SMILES string of the molecule is CC(C)(C)NC(N)=NCCN1CCCS1(=O)=O. The molecule has 0 atom stereocenters. The maximum absolute atomic E-state index is 11.5. The maximum Gasteiger partial charge on any atom is 0.214 e. The number of nitrogens with zero attached hydrogens (tertiary/aromatic N) is 2. The maximum atomic E-state index is 11.5. The molecule has 0 saturated carbocycles. The molecule has 0 bridgehead atoms. The number of rotatable bonds is 3. The van der Waals surface area contributed by atoms with Gasteiger partial charge in [-0.25, -0.2) is 12.7 Å². The zero-order valence-electron chi connectivity index (χ0n) is 10.7. The van der Waals surface area contributed by atoms with Crippen LogP contribution in [-0.2, 0) is 10.0 Å². The fraction of sp³-hybridized carbons (Fsp3) is 0.900. The Balaban J connectivity index is 2.39. The van der Waals surface area contributed by atoms with Crippen LogP contribution in [0.4, 0.5) is 0 Å². The molecule has 1 aliphatic rings. The van der Waals surface area contributed by atoms with Crippen LogP contribution < -0.4 is 11.1 Å². The number of nitrogens with two attached hydrogens (primary N) is 1. The lowest BCUT2D eigenvalue weighted by Crippen LogP contribution is -2.45. The predicted octanol–water partition coefficient (Wildman–Crippen LogP) is -0.275. The highest BCUT2D eigenvalue weighted by Gasteiger charge is 2.27. The summed E-state index contributed by atoms with van der Waals surface area (Å²) < 4.78 is 24.5. The van der Waals surface area contributed by atoms with E-state index in [-0.39, 0.29) is 11.3 Å². The first-order valence-electron chi connectivity index (χ1n) is 5.77. The van der Waals surface area contributed by atoms with Gasteiger partial charge < -0.3 is 11.1 Å². The quantitative estimate of drug-likeness (QED) is 0.541. The Hall–Kier alpha value is -0.820. The summed E-state index contributed by atoms with van der Waals surface area (Å²) in [7, 11) is -3.02. The van der Waals surface area contributed by atoms with E-state index in [0.29, 0.717) is 32.0 Å². The minimum absolute atomic E-state index is 0.132. The van der Waals surface area contributed by atoms with Crippen molar-refractivity contribution in [3.05, 3.63) is 0 Å². The van der Waals surface area contributed by atoms with Crippen molar-refractivity contribution in [3.8, 4) is 0 Å². The van der Waals surface area contributed by atoms with Gasteiger partial charge >= 0.3 is 0 Å². The molecule has 1 saturated heterocycles. The summed E-state index contributed by atoms with van der Waals surface area (Å²) in [6.45, 7) is 7.37. The highest BCUT2D eigenvalue weighted by Crippen LogP contribution is 2.12. The Morgan fingerprint density at radius 2 is 2.12 bits per heavy atom. The number of nitrogens with one attached hydrogen (secondary N) is 1. The summed E-state index contributed by atoms with van der Waals surface area (Å²) in [6, 6.07) is 0. The van der Waals surface area contributed by atoms with Crippen molar-refractivity contribution in [1.29, 1.82) is 0 Å². The molecule has 0 aromatic rings. The molecule has 1 aliphatic heterocycles. The van der Waals surface area contributed by atoms with E-state index in [4.69, 9.17) is 5.73 Å². The minimum atomic E-state index is -3.02. The van der Waals surface area contributed by atoms with Crippen LogP contribution in [0, 0.1) is 0 Å². The molecule has 7 heteroatoms. The highest BCUT2D eigenvalue weighted by atomic mass is 32.2. The number of hydrogen-bond donors (Lipinski definition) is 2. The van der Waals surface area contributed by atoms with Gasteiger partial charge in [-0.3, -0.25) is 4.99 Å². The number of aliphatic imine (C=N–C) groups is 1. The van der Waals surface area contributed by atoms with Gasteiger partial charge in [0.15, 0.2) is 5.96 Å². The monoisotopic (exact) mass is 262 g/mol. The zero-order chi connectivity index (χ0) is 13.1. The van der Waals surface area contributed by atoms with Crippen LogP contribution in [0.5, 0.6) is 0 Å². The summed E-state index contributed by atoms with van der Waals surface area (Å²) in [5.41, 5.74) is 5.55. The molecule has 3 N–H and O–H groups in total. The third-order valence-electron chi connectivity index (χ3n) is 2.34. The van der Waals surface area contributed by atoms with Crippen molar-refractivity contribution >= 4 is 16.0 Å². The molecule has 1 heterocycles. The van der Waals surface area contributed by atoms with Crippen LogP contribution in [0.3, 0.4) is 0 Å². The molecule has 6 nitrogen and oxygen atoms in total. The fourth-order valence-electron chi connectivity index (χ4n) is 1.65. The standard InChI is InChI=1S/C10H22N4O2S/c1-10(2,3)13-9(11)12-5-7-14-6-4-8-17(14,15)16/h4-8H2,1-3H3,(H3,11,12,13). The molecule has 1 fully saturated rings. The lowest BCUT2D eigenvalue weighted by molar-refractivity contribution is 0.451. The largest absolute Gasteiger partial charge is 0.370 e. The molecule has 1 rings (SSSR count). The predicted molar refractivity (Wildman–Crippen MR) is 69.4 cm³/mol. The van der Waals surface area contributed by atoms with Gasteiger partial charge in [0.1, 0.15) is 0 Å². The van der Waals surface area contributed by atoms with Gasteiger partial charge in [0.05, 0.1) is 12.3 Å². The smallest absolute Gasteiger partial charge is 0.214 e. The summed E-state index contributed by atoms with van der Waals surface area (Å²) in [5.74, 6) is 0.612. The van der Waals surface area contributed by atoms with E-state index in [9.17, 15) is 8.42 Å². The second-order valence-corrected chi connectivity index (χ2v) is 7.30. The van der Waals surface area contributed by atoms with Crippen LogP contribution in [0.15, 0.2) is 4.99 Å². The summed E-state index contributed by atoms with van der Waals surface area (Å²) in [4.78, 5) is 4.12. The summed E-state index contributed by atoms with van der Waals surface area (Å²) in [6.07, 6.45) is 0.710. The van der Waals surface area contributed by atoms with Crippen molar-refractivity contribution in [2.45, 2.75) is 32.7 Å². The Kier molecular flexibility index (Phi) is 4.37. The summed E-state index contributed by atoms with van der Waals surface area (Å²) >= 11 is 0. The topological polar surface area (TPSA) is 87.8 Å². The van der Waals surface area contributed by atoms with Gasteiger partial charge in [0.2, 0.25) is 10.0 Å². The van der Waals surface area contributed by atoms with Crippen LogP contribution in [0.25, 0.3) is 0 Å². The van der Waals surface area contributed by atoms with Crippen LogP contribution in [-0.4, -0.2) is 49.6 Å². The van der Waals surface area contributed by atoms with Crippen LogP contribution in [0.2, 0.25) is 0 Å². The van der Waals surface area contributed by atoms with Crippen molar-refractivity contribution < 1.29 is 8.42 Å². The van der Waals surface area contributed by atoms with Crippen molar-refractivity contribution in [2.75, 3.05) is 25.4 Å². The number of hydrogen-bond acceptors (Lipinski definition) is 3. The average Bonchev–Trinajstić information content (AvgIpc) is 2.42. The molecule has 0 amide bonds.